The number of hydrogen-bond acceptors (Lipinski definition) is 4. The highest BCUT2D eigenvalue weighted by Crippen LogP contribution is 2.29. The first-order chi connectivity index (χ1) is 9.53. The van der Waals surface area contributed by atoms with E-state index in [2.05, 4.69) is 4.98 Å². The predicted molar refractivity (Wildman–Crippen MR) is 77.4 cm³/mol. The molecule has 1 aromatic heterocycles. The second-order valence-electron chi connectivity index (χ2n) is 5.23. The van der Waals surface area contributed by atoms with Gasteiger partial charge < -0.3 is 9.15 Å². The Morgan fingerprint density at radius 1 is 1.40 bits per heavy atom. The van der Waals surface area contributed by atoms with Crippen molar-refractivity contribution in [2.45, 2.75) is 32.6 Å². The molecule has 1 aromatic carbocycles. The molecule has 0 N–H and O–H groups in total. The third kappa shape index (κ3) is 3.26. The van der Waals surface area contributed by atoms with E-state index >= 15 is 0 Å². The number of para-hydroxylation sites is 2. The van der Waals surface area contributed by atoms with Crippen LogP contribution < -0.4 is 0 Å². The van der Waals surface area contributed by atoms with E-state index < -0.39 is 0 Å². The number of allylic oxidation sites excluding steroid dienone is 1. The van der Waals surface area contributed by atoms with Crippen LogP contribution in [-0.2, 0) is 14.9 Å². The second kappa shape index (κ2) is 5.90. The molecule has 0 radical (unpaired) electrons. The molecule has 4 heteroatoms. The first-order valence-corrected chi connectivity index (χ1v) is 6.72. The van der Waals surface area contributed by atoms with Gasteiger partial charge in [-0.25, -0.2) is 9.78 Å². The molecule has 0 fully saturated rings. The summed E-state index contributed by atoms with van der Waals surface area (Å²) < 4.78 is 10.6. The third-order valence-corrected chi connectivity index (χ3v) is 3.04. The fourth-order valence-electron chi connectivity index (χ4n) is 1.89. The normalized spacial score (nSPS) is 12.2. The third-order valence-electron chi connectivity index (χ3n) is 3.04. The quantitative estimate of drug-likeness (QED) is 0.616. The van der Waals surface area contributed by atoms with E-state index in [9.17, 15) is 4.79 Å². The molecule has 4 nitrogen and oxygen atoms in total. The lowest BCUT2D eigenvalue weighted by Crippen LogP contribution is -2.16. The summed E-state index contributed by atoms with van der Waals surface area (Å²) in [7, 11) is 0. The molecule has 0 saturated carbocycles. The van der Waals surface area contributed by atoms with Gasteiger partial charge in [0.25, 0.3) is 0 Å². The molecular formula is C16H19NO3. The van der Waals surface area contributed by atoms with Crippen LogP contribution >= 0.6 is 0 Å². The van der Waals surface area contributed by atoms with Crippen molar-refractivity contribution in [1.29, 1.82) is 0 Å². The summed E-state index contributed by atoms with van der Waals surface area (Å²) >= 11 is 0. The number of ether oxygens (including phenoxy) is 1. The van der Waals surface area contributed by atoms with Crippen LogP contribution in [0.3, 0.4) is 0 Å². The number of hydrogen-bond donors (Lipinski definition) is 0. The van der Waals surface area contributed by atoms with Gasteiger partial charge in [0.1, 0.15) is 5.52 Å². The minimum absolute atomic E-state index is 0.276. The number of rotatable bonds is 5. The number of carbonyl (C=O) groups excluding carboxylic acids is 1. The van der Waals surface area contributed by atoms with Crippen molar-refractivity contribution < 1.29 is 13.9 Å². The molecule has 0 aliphatic rings. The standard InChI is InChI=1S/C16H19NO3/c1-4-19-14(18)10-7-11-16(2,3)15-17-12-8-5-6-9-13(12)20-15/h5-10H,4,11H2,1-3H3/b10-7+. The zero-order valence-electron chi connectivity index (χ0n) is 12.1. The number of aromatic nitrogens is 1. The first kappa shape index (κ1) is 14.3. The molecule has 2 aromatic rings. The second-order valence-corrected chi connectivity index (χ2v) is 5.23. The molecule has 0 aliphatic heterocycles. The van der Waals surface area contributed by atoms with E-state index in [0.717, 1.165) is 11.1 Å². The zero-order valence-corrected chi connectivity index (χ0v) is 12.1. The van der Waals surface area contributed by atoms with Crippen molar-refractivity contribution in [3.8, 4) is 0 Å². The Morgan fingerprint density at radius 3 is 2.85 bits per heavy atom. The highest BCUT2D eigenvalue weighted by molar-refractivity contribution is 5.81. The topological polar surface area (TPSA) is 52.3 Å². The zero-order chi connectivity index (χ0) is 14.6. The highest BCUT2D eigenvalue weighted by Gasteiger charge is 2.25. The van der Waals surface area contributed by atoms with E-state index in [4.69, 9.17) is 9.15 Å². The number of esters is 1. The maximum absolute atomic E-state index is 11.3. The lowest BCUT2D eigenvalue weighted by Gasteiger charge is -2.17. The minimum atomic E-state index is -0.319. The van der Waals surface area contributed by atoms with Gasteiger partial charge in [0, 0.05) is 11.5 Å². The molecule has 0 bridgehead atoms. The lowest BCUT2D eigenvalue weighted by molar-refractivity contribution is -0.137. The highest BCUT2D eigenvalue weighted by atomic mass is 16.5. The van der Waals surface area contributed by atoms with Gasteiger partial charge in [-0.05, 0) is 25.5 Å². The Balaban J connectivity index is 2.11. The van der Waals surface area contributed by atoms with Gasteiger partial charge in [0.15, 0.2) is 5.58 Å². The molecule has 106 valence electrons. The molecule has 1 heterocycles. The van der Waals surface area contributed by atoms with Crippen molar-refractivity contribution in [3.05, 3.63) is 42.3 Å². The van der Waals surface area contributed by atoms with Crippen LogP contribution in [0.1, 0.15) is 33.1 Å². The Kier molecular flexibility index (Phi) is 4.23. The van der Waals surface area contributed by atoms with Gasteiger partial charge in [-0.15, -0.1) is 0 Å². The van der Waals surface area contributed by atoms with E-state index in [0.29, 0.717) is 18.9 Å². The molecule has 0 aliphatic carbocycles. The van der Waals surface area contributed by atoms with E-state index in [1.165, 1.54) is 6.08 Å². The van der Waals surface area contributed by atoms with Crippen molar-refractivity contribution in [2.75, 3.05) is 6.61 Å². The van der Waals surface area contributed by atoms with Gasteiger partial charge in [0.2, 0.25) is 5.89 Å². The van der Waals surface area contributed by atoms with Gasteiger partial charge >= 0.3 is 5.97 Å². The Labute approximate surface area is 118 Å². The van der Waals surface area contributed by atoms with Gasteiger partial charge in [0.05, 0.1) is 6.61 Å². The summed E-state index contributed by atoms with van der Waals surface area (Å²) in [5, 5.41) is 0. The van der Waals surface area contributed by atoms with E-state index in [1.807, 2.05) is 38.1 Å². The molecule has 0 saturated heterocycles. The summed E-state index contributed by atoms with van der Waals surface area (Å²) in [5.41, 5.74) is 1.36. The number of fused-ring (bicyclic) bond motifs is 1. The lowest BCUT2D eigenvalue weighted by atomic mass is 9.89. The predicted octanol–water partition coefficient (Wildman–Crippen LogP) is 3.61. The van der Waals surface area contributed by atoms with E-state index in [-0.39, 0.29) is 11.4 Å². The fraction of sp³-hybridized carbons (Fsp3) is 0.375. The molecule has 20 heavy (non-hydrogen) atoms. The van der Waals surface area contributed by atoms with Crippen LogP contribution in [0.5, 0.6) is 0 Å². The number of benzene rings is 1. The average Bonchev–Trinajstić information content (AvgIpc) is 2.83. The maximum atomic E-state index is 11.3. The monoisotopic (exact) mass is 273 g/mol. The van der Waals surface area contributed by atoms with Crippen LogP contribution in [0.2, 0.25) is 0 Å². The van der Waals surface area contributed by atoms with Crippen LogP contribution in [0.25, 0.3) is 11.1 Å². The van der Waals surface area contributed by atoms with Crippen molar-refractivity contribution in [1.82, 2.24) is 4.98 Å². The SMILES string of the molecule is CCOC(=O)/C=C/CC(C)(C)c1nc2ccccc2o1. The molecule has 2 rings (SSSR count). The number of nitrogens with zero attached hydrogens (tertiary/aromatic N) is 1. The summed E-state index contributed by atoms with van der Waals surface area (Å²) in [6.07, 6.45) is 3.90. The van der Waals surface area contributed by atoms with Gasteiger partial charge in [-0.1, -0.05) is 32.1 Å². The van der Waals surface area contributed by atoms with Crippen LogP contribution in [0, 0.1) is 0 Å². The average molecular weight is 273 g/mol. The van der Waals surface area contributed by atoms with Crippen LogP contribution in [0.15, 0.2) is 40.8 Å². The minimum Gasteiger partial charge on any atom is -0.463 e. The first-order valence-electron chi connectivity index (χ1n) is 6.72. The molecular weight excluding hydrogens is 254 g/mol. The largest absolute Gasteiger partial charge is 0.463 e. The van der Waals surface area contributed by atoms with Crippen LogP contribution in [-0.4, -0.2) is 17.6 Å². The van der Waals surface area contributed by atoms with E-state index in [1.54, 1.807) is 13.0 Å². The number of oxazole rings is 1. The fourth-order valence-corrected chi connectivity index (χ4v) is 1.89. The number of carbonyl (C=O) groups is 1. The Morgan fingerprint density at radius 2 is 2.15 bits per heavy atom. The summed E-state index contributed by atoms with van der Waals surface area (Å²) in [5.74, 6) is 0.355. The van der Waals surface area contributed by atoms with Gasteiger partial charge in [-0.2, -0.15) is 0 Å². The molecule has 0 amide bonds. The Hall–Kier alpha value is -2.10. The van der Waals surface area contributed by atoms with Gasteiger partial charge in [-0.3, -0.25) is 0 Å². The van der Waals surface area contributed by atoms with Crippen molar-refractivity contribution in [3.63, 3.8) is 0 Å². The Bertz CT molecular complexity index is 592. The van der Waals surface area contributed by atoms with Crippen LogP contribution in [0.4, 0.5) is 0 Å². The summed E-state index contributed by atoms with van der Waals surface area (Å²) in [6.45, 7) is 6.24. The molecule has 0 atom stereocenters. The summed E-state index contributed by atoms with van der Waals surface area (Å²) in [4.78, 5) is 15.8. The molecule has 0 unspecified atom stereocenters. The maximum Gasteiger partial charge on any atom is 0.330 e. The summed E-state index contributed by atoms with van der Waals surface area (Å²) in [6, 6.07) is 7.68. The molecule has 0 spiro atoms. The van der Waals surface area contributed by atoms with Crippen molar-refractivity contribution in [2.24, 2.45) is 0 Å². The van der Waals surface area contributed by atoms with Crippen molar-refractivity contribution >= 4 is 17.1 Å². The smallest absolute Gasteiger partial charge is 0.330 e.